The smallest absolute Gasteiger partial charge is 0.289 e. The van der Waals surface area contributed by atoms with Crippen LogP contribution in [0.25, 0.3) is 11.3 Å². The second kappa shape index (κ2) is 8.13. The lowest BCUT2D eigenvalue weighted by Gasteiger charge is -2.05. The van der Waals surface area contributed by atoms with Gasteiger partial charge in [-0.05, 0) is 61.0 Å². The zero-order chi connectivity index (χ0) is 19.2. The van der Waals surface area contributed by atoms with E-state index in [2.05, 4.69) is 20.7 Å². The third-order valence-electron chi connectivity index (χ3n) is 3.63. The van der Waals surface area contributed by atoms with Crippen LogP contribution in [-0.4, -0.2) is 34.0 Å². The van der Waals surface area contributed by atoms with Gasteiger partial charge in [-0.3, -0.25) is 9.89 Å². The first kappa shape index (κ1) is 18.1. The predicted molar refractivity (Wildman–Crippen MR) is 98.3 cm³/mol. The number of carbonyl (C=O) groups excluding carboxylic acids is 1. The van der Waals surface area contributed by atoms with E-state index in [0.29, 0.717) is 29.2 Å². The Bertz CT molecular complexity index is 967. The van der Waals surface area contributed by atoms with E-state index in [1.165, 1.54) is 24.4 Å². The average molecular weight is 368 g/mol. The standard InChI is InChI=1S/C19H17FN4O3/c1-2-27-18-9-12(3-8-17(18)25)11-21-24-19(26)16-10-15(22-23-16)13-4-6-14(20)7-5-13/h3-11,25H,2H2,1H3,(H,22,23)(H,24,26). The summed E-state index contributed by atoms with van der Waals surface area (Å²) in [6.07, 6.45) is 1.43. The van der Waals surface area contributed by atoms with Crippen molar-refractivity contribution in [2.24, 2.45) is 5.10 Å². The molecule has 0 aliphatic heterocycles. The molecule has 0 atom stereocenters. The number of carbonyl (C=O) groups is 1. The summed E-state index contributed by atoms with van der Waals surface area (Å²) in [4.78, 5) is 12.1. The summed E-state index contributed by atoms with van der Waals surface area (Å²) in [5, 5.41) is 20.2. The van der Waals surface area contributed by atoms with E-state index in [1.54, 1.807) is 30.3 Å². The molecule has 0 radical (unpaired) electrons. The summed E-state index contributed by atoms with van der Waals surface area (Å²) in [5.41, 5.74) is 4.45. The second-order valence-electron chi connectivity index (χ2n) is 5.53. The Hall–Kier alpha value is -3.68. The third kappa shape index (κ3) is 4.49. The molecular formula is C19H17FN4O3. The Balaban J connectivity index is 1.65. The fourth-order valence-electron chi connectivity index (χ4n) is 2.31. The molecule has 3 rings (SSSR count). The minimum absolute atomic E-state index is 0.0313. The summed E-state index contributed by atoms with van der Waals surface area (Å²) in [6.45, 7) is 2.23. The van der Waals surface area contributed by atoms with Crippen molar-refractivity contribution >= 4 is 12.1 Å². The number of nitrogens with one attached hydrogen (secondary N) is 2. The molecule has 0 bridgehead atoms. The number of phenolic OH excluding ortho intramolecular Hbond substituents is 1. The minimum atomic E-state index is -0.476. The largest absolute Gasteiger partial charge is 0.504 e. The van der Waals surface area contributed by atoms with Crippen molar-refractivity contribution in [2.75, 3.05) is 6.61 Å². The molecule has 0 aliphatic rings. The number of hydrogen-bond acceptors (Lipinski definition) is 5. The second-order valence-corrected chi connectivity index (χ2v) is 5.53. The zero-order valence-corrected chi connectivity index (χ0v) is 14.4. The summed E-state index contributed by atoms with van der Waals surface area (Å²) in [7, 11) is 0. The van der Waals surface area contributed by atoms with Crippen molar-refractivity contribution in [1.82, 2.24) is 15.6 Å². The number of benzene rings is 2. The number of hydrogen-bond donors (Lipinski definition) is 3. The van der Waals surface area contributed by atoms with E-state index >= 15 is 0 Å². The highest BCUT2D eigenvalue weighted by atomic mass is 19.1. The maximum absolute atomic E-state index is 13.0. The number of hydrazone groups is 1. The van der Waals surface area contributed by atoms with Gasteiger partial charge in [0.15, 0.2) is 11.5 Å². The molecule has 3 aromatic rings. The molecule has 7 nitrogen and oxygen atoms in total. The van der Waals surface area contributed by atoms with Crippen molar-refractivity contribution in [3.8, 4) is 22.8 Å². The van der Waals surface area contributed by atoms with E-state index < -0.39 is 5.91 Å². The molecule has 1 aromatic heterocycles. The van der Waals surface area contributed by atoms with Crippen LogP contribution in [0.4, 0.5) is 4.39 Å². The molecule has 27 heavy (non-hydrogen) atoms. The Morgan fingerprint density at radius 1 is 1.30 bits per heavy atom. The van der Waals surface area contributed by atoms with Crippen LogP contribution in [0.5, 0.6) is 11.5 Å². The molecule has 1 heterocycles. The van der Waals surface area contributed by atoms with Gasteiger partial charge in [-0.15, -0.1) is 0 Å². The maximum atomic E-state index is 13.0. The average Bonchev–Trinajstić information content (AvgIpc) is 3.15. The first-order valence-electron chi connectivity index (χ1n) is 8.17. The lowest BCUT2D eigenvalue weighted by Crippen LogP contribution is -2.18. The Morgan fingerprint density at radius 3 is 2.81 bits per heavy atom. The van der Waals surface area contributed by atoms with E-state index in [0.717, 1.165) is 0 Å². The number of halogens is 1. The number of aromatic amines is 1. The van der Waals surface area contributed by atoms with E-state index in [4.69, 9.17) is 4.74 Å². The number of amides is 1. The van der Waals surface area contributed by atoms with Crippen molar-refractivity contribution < 1.29 is 19.0 Å². The molecule has 8 heteroatoms. The number of nitrogens with zero attached hydrogens (tertiary/aromatic N) is 2. The molecular weight excluding hydrogens is 351 g/mol. The molecule has 0 unspecified atom stereocenters. The molecule has 1 amide bonds. The van der Waals surface area contributed by atoms with E-state index in [1.807, 2.05) is 6.92 Å². The molecule has 0 aliphatic carbocycles. The van der Waals surface area contributed by atoms with Gasteiger partial charge in [0.1, 0.15) is 11.5 Å². The summed E-state index contributed by atoms with van der Waals surface area (Å²) in [6, 6.07) is 12.1. The normalized spacial score (nSPS) is 10.9. The Kier molecular flexibility index (Phi) is 5.46. The molecule has 0 saturated carbocycles. The molecule has 2 aromatic carbocycles. The van der Waals surface area contributed by atoms with E-state index in [-0.39, 0.29) is 17.3 Å². The van der Waals surface area contributed by atoms with Crippen LogP contribution < -0.4 is 10.2 Å². The van der Waals surface area contributed by atoms with Gasteiger partial charge in [-0.25, -0.2) is 9.82 Å². The van der Waals surface area contributed by atoms with Crippen LogP contribution in [-0.2, 0) is 0 Å². The van der Waals surface area contributed by atoms with Gasteiger partial charge >= 0.3 is 0 Å². The van der Waals surface area contributed by atoms with Crippen molar-refractivity contribution in [1.29, 1.82) is 0 Å². The fraction of sp³-hybridized carbons (Fsp3) is 0.105. The van der Waals surface area contributed by atoms with Crippen molar-refractivity contribution in [2.45, 2.75) is 6.92 Å². The zero-order valence-electron chi connectivity index (χ0n) is 14.4. The summed E-state index contributed by atoms with van der Waals surface area (Å²) < 4.78 is 18.3. The van der Waals surface area contributed by atoms with Crippen LogP contribution in [0.2, 0.25) is 0 Å². The third-order valence-corrected chi connectivity index (χ3v) is 3.63. The van der Waals surface area contributed by atoms with Crippen molar-refractivity contribution in [3.05, 3.63) is 65.6 Å². The van der Waals surface area contributed by atoms with Gasteiger partial charge in [0.2, 0.25) is 0 Å². The Labute approximate surface area is 154 Å². The van der Waals surface area contributed by atoms with Gasteiger partial charge in [-0.1, -0.05) is 0 Å². The lowest BCUT2D eigenvalue weighted by atomic mass is 10.1. The number of phenols is 1. The summed E-state index contributed by atoms with van der Waals surface area (Å²) in [5.74, 6) is -0.451. The maximum Gasteiger partial charge on any atom is 0.289 e. The topological polar surface area (TPSA) is 99.6 Å². The number of aromatic nitrogens is 2. The van der Waals surface area contributed by atoms with E-state index in [9.17, 15) is 14.3 Å². The van der Waals surface area contributed by atoms with Crippen molar-refractivity contribution in [3.63, 3.8) is 0 Å². The Morgan fingerprint density at radius 2 is 2.07 bits per heavy atom. The summed E-state index contributed by atoms with van der Waals surface area (Å²) >= 11 is 0. The van der Waals surface area contributed by atoms with Gasteiger partial charge < -0.3 is 9.84 Å². The first-order valence-corrected chi connectivity index (χ1v) is 8.17. The molecule has 0 saturated heterocycles. The first-order chi connectivity index (χ1) is 13.1. The highest BCUT2D eigenvalue weighted by molar-refractivity contribution is 5.94. The van der Waals surface area contributed by atoms with Gasteiger partial charge in [0.05, 0.1) is 18.5 Å². The molecule has 0 spiro atoms. The minimum Gasteiger partial charge on any atom is -0.504 e. The van der Waals surface area contributed by atoms with Crippen LogP contribution in [0.15, 0.2) is 53.6 Å². The van der Waals surface area contributed by atoms with Crippen LogP contribution >= 0.6 is 0 Å². The number of rotatable bonds is 6. The monoisotopic (exact) mass is 368 g/mol. The highest BCUT2D eigenvalue weighted by Gasteiger charge is 2.10. The fourth-order valence-corrected chi connectivity index (χ4v) is 2.31. The van der Waals surface area contributed by atoms with Gasteiger partial charge in [-0.2, -0.15) is 10.2 Å². The molecule has 0 fully saturated rings. The quantitative estimate of drug-likeness (QED) is 0.460. The number of aromatic hydroxyl groups is 1. The van der Waals surface area contributed by atoms with Gasteiger partial charge in [0.25, 0.3) is 5.91 Å². The number of ether oxygens (including phenoxy) is 1. The van der Waals surface area contributed by atoms with Crippen LogP contribution in [0, 0.1) is 5.82 Å². The molecule has 3 N–H and O–H groups in total. The predicted octanol–water partition coefficient (Wildman–Crippen LogP) is 3.08. The van der Waals surface area contributed by atoms with Crippen LogP contribution in [0.1, 0.15) is 23.0 Å². The highest BCUT2D eigenvalue weighted by Crippen LogP contribution is 2.26. The van der Waals surface area contributed by atoms with Gasteiger partial charge in [0, 0.05) is 5.56 Å². The number of H-pyrrole nitrogens is 1. The lowest BCUT2D eigenvalue weighted by molar-refractivity contribution is 0.0950. The van der Waals surface area contributed by atoms with Crippen LogP contribution in [0.3, 0.4) is 0 Å². The SMILES string of the molecule is CCOc1cc(C=NNC(=O)c2cc(-c3ccc(F)cc3)n[nH]2)ccc1O. The molecule has 138 valence electrons.